The van der Waals surface area contributed by atoms with Crippen molar-refractivity contribution in [2.45, 2.75) is 47.5 Å². The van der Waals surface area contributed by atoms with E-state index in [1.165, 1.54) is 10.5 Å². The van der Waals surface area contributed by atoms with Gasteiger partial charge in [0.15, 0.2) is 0 Å². The van der Waals surface area contributed by atoms with Crippen LogP contribution in [0.1, 0.15) is 50.3 Å². The molecule has 2 amide bonds. The van der Waals surface area contributed by atoms with Gasteiger partial charge in [0.1, 0.15) is 5.70 Å². The molecule has 0 aliphatic carbocycles. The zero-order valence-electron chi connectivity index (χ0n) is 16.6. The highest BCUT2D eigenvalue weighted by Crippen LogP contribution is 2.34. The number of carbonyl (C=O) groups excluding carboxylic acids is 2. The maximum Gasteiger partial charge on any atom is 0.277 e. The molecule has 1 fully saturated rings. The number of likely N-dealkylation sites (tertiary alicyclic amines) is 1. The lowest BCUT2D eigenvalue weighted by Crippen LogP contribution is -2.39. The van der Waals surface area contributed by atoms with Crippen molar-refractivity contribution in [1.29, 1.82) is 0 Å². The standard InChI is InChI=1S/C22H30N2O2/c1-14(2)13-24-21(25)19(18-7-6-16(4)17(5)12-18)20(22(24)26)23-10-8-15(3)9-11-23/h6-7,12,14-15H,8-11,13H2,1-5H3. The number of piperidine rings is 1. The third-order valence-corrected chi connectivity index (χ3v) is 5.59. The second kappa shape index (κ2) is 7.26. The van der Waals surface area contributed by atoms with Crippen molar-refractivity contribution in [1.82, 2.24) is 9.80 Å². The summed E-state index contributed by atoms with van der Waals surface area (Å²) >= 11 is 0. The van der Waals surface area contributed by atoms with E-state index in [2.05, 4.69) is 25.7 Å². The normalized spacial score (nSPS) is 19.3. The highest BCUT2D eigenvalue weighted by molar-refractivity contribution is 6.35. The van der Waals surface area contributed by atoms with Crippen LogP contribution in [0.25, 0.3) is 5.57 Å². The molecule has 0 unspecified atom stereocenters. The van der Waals surface area contributed by atoms with Gasteiger partial charge in [-0.2, -0.15) is 0 Å². The fraction of sp³-hybridized carbons (Fsp3) is 0.545. The third-order valence-electron chi connectivity index (χ3n) is 5.59. The SMILES string of the molecule is Cc1ccc(C2=C(N3CCC(C)CC3)C(=O)N(CC(C)C)C2=O)cc1C. The summed E-state index contributed by atoms with van der Waals surface area (Å²) in [6, 6.07) is 6.06. The van der Waals surface area contributed by atoms with Crippen molar-refractivity contribution in [3.8, 4) is 0 Å². The lowest BCUT2D eigenvalue weighted by molar-refractivity contribution is -0.138. The number of amides is 2. The van der Waals surface area contributed by atoms with Gasteiger partial charge < -0.3 is 4.90 Å². The molecule has 0 N–H and O–H groups in total. The highest BCUT2D eigenvalue weighted by Gasteiger charge is 2.42. The Kier molecular flexibility index (Phi) is 5.22. The molecular formula is C22H30N2O2. The van der Waals surface area contributed by atoms with Gasteiger partial charge in [0.2, 0.25) is 0 Å². The number of imide groups is 1. The molecule has 1 saturated heterocycles. The largest absolute Gasteiger partial charge is 0.366 e. The van der Waals surface area contributed by atoms with Gasteiger partial charge in [-0.15, -0.1) is 0 Å². The predicted molar refractivity (Wildman–Crippen MR) is 104 cm³/mol. The lowest BCUT2D eigenvalue weighted by Gasteiger charge is -2.32. The summed E-state index contributed by atoms with van der Waals surface area (Å²) in [7, 11) is 0. The Labute approximate surface area is 156 Å². The van der Waals surface area contributed by atoms with Gasteiger partial charge in [-0.05, 0) is 55.2 Å². The monoisotopic (exact) mass is 354 g/mol. The number of hydrogen-bond acceptors (Lipinski definition) is 3. The predicted octanol–water partition coefficient (Wildman–Crippen LogP) is 3.77. The third kappa shape index (κ3) is 3.42. The van der Waals surface area contributed by atoms with E-state index in [0.717, 1.165) is 37.1 Å². The van der Waals surface area contributed by atoms with E-state index < -0.39 is 0 Å². The molecule has 0 aromatic heterocycles. The van der Waals surface area contributed by atoms with E-state index in [9.17, 15) is 9.59 Å². The Morgan fingerprint density at radius 3 is 2.27 bits per heavy atom. The average Bonchev–Trinajstić information content (AvgIpc) is 2.82. The van der Waals surface area contributed by atoms with Gasteiger partial charge >= 0.3 is 0 Å². The summed E-state index contributed by atoms with van der Waals surface area (Å²) in [5.74, 6) is 0.674. The molecule has 0 bridgehead atoms. The molecular weight excluding hydrogens is 324 g/mol. The number of nitrogens with zero attached hydrogens (tertiary/aromatic N) is 2. The number of benzene rings is 1. The summed E-state index contributed by atoms with van der Waals surface area (Å²) in [5, 5.41) is 0. The van der Waals surface area contributed by atoms with Gasteiger partial charge in [0.25, 0.3) is 11.8 Å². The lowest BCUT2D eigenvalue weighted by atomic mass is 9.96. The number of rotatable bonds is 4. The molecule has 0 saturated carbocycles. The van der Waals surface area contributed by atoms with E-state index in [0.29, 0.717) is 23.7 Å². The average molecular weight is 354 g/mol. The van der Waals surface area contributed by atoms with Crippen LogP contribution in [0.5, 0.6) is 0 Å². The van der Waals surface area contributed by atoms with Crippen LogP contribution in [0.3, 0.4) is 0 Å². The molecule has 3 rings (SSSR count). The molecule has 2 aliphatic rings. The molecule has 140 valence electrons. The summed E-state index contributed by atoms with van der Waals surface area (Å²) in [6.45, 7) is 12.6. The minimum Gasteiger partial charge on any atom is -0.366 e. The van der Waals surface area contributed by atoms with Crippen molar-refractivity contribution < 1.29 is 9.59 Å². The van der Waals surface area contributed by atoms with Crippen LogP contribution >= 0.6 is 0 Å². The Bertz CT molecular complexity index is 755. The second-order valence-electron chi connectivity index (χ2n) is 8.31. The van der Waals surface area contributed by atoms with Gasteiger partial charge in [0, 0.05) is 19.6 Å². The van der Waals surface area contributed by atoms with E-state index in [-0.39, 0.29) is 17.7 Å². The Balaban J connectivity index is 2.06. The van der Waals surface area contributed by atoms with Crippen LogP contribution in [0, 0.1) is 25.7 Å². The Morgan fingerprint density at radius 1 is 1.04 bits per heavy atom. The van der Waals surface area contributed by atoms with E-state index in [1.54, 1.807) is 0 Å². The maximum absolute atomic E-state index is 13.2. The van der Waals surface area contributed by atoms with Crippen LogP contribution in [0.2, 0.25) is 0 Å². The molecule has 0 spiro atoms. The fourth-order valence-corrected chi connectivity index (χ4v) is 3.78. The molecule has 4 heteroatoms. The maximum atomic E-state index is 13.2. The topological polar surface area (TPSA) is 40.6 Å². The summed E-state index contributed by atoms with van der Waals surface area (Å²) in [6.07, 6.45) is 2.13. The zero-order valence-corrected chi connectivity index (χ0v) is 16.6. The molecule has 2 heterocycles. The van der Waals surface area contributed by atoms with Gasteiger partial charge in [-0.25, -0.2) is 0 Å². The number of aryl methyl sites for hydroxylation is 2. The van der Waals surface area contributed by atoms with Crippen LogP contribution in [-0.2, 0) is 9.59 Å². The van der Waals surface area contributed by atoms with E-state index in [4.69, 9.17) is 0 Å². The van der Waals surface area contributed by atoms with Crippen molar-refractivity contribution >= 4 is 17.4 Å². The summed E-state index contributed by atoms with van der Waals surface area (Å²) in [4.78, 5) is 30.0. The van der Waals surface area contributed by atoms with E-state index >= 15 is 0 Å². The van der Waals surface area contributed by atoms with Crippen LogP contribution in [0.4, 0.5) is 0 Å². The molecule has 1 aromatic rings. The molecule has 0 radical (unpaired) electrons. The van der Waals surface area contributed by atoms with E-state index in [1.807, 2.05) is 32.0 Å². The molecule has 26 heavy (non-hydrogen) atoms. The highest BCUT2D eigenvalue weighted by atomic mass is 16.2. The Morgan fingerprint density at radius 2 is 1.69 bits per heavy atom. The smallest absolute Gasteiger partial charge is 0.277 e. The second-order valence-corrected chi connectivity index (χ2v) is 8.31. The van der Waals surface area contributed by atoms with Crippen molar-refractivity contribution in [2.75, 3.05) is 19.6 Å². The molecule has 2 aliphatic heterocycles. The molecule has 0 atom stereocenters. The first kappa shape index (κ1) is 18.7. The number of carbonyl (C=O) groups is 2. The first-order valence-corrected chi connectivity index (χ1v) is 9.72. The van der Waals surface area contributed by atoms with Gasteiger partial charge in [-0.3, -0.25) is 14.5 Å². The Hall–Kier alpha value is -2.10. The zero-order chi connectivity index (χ0) is 19.0. The van der Waals surface area contributed by atoms with Crippen molar-refractivity contribution in [2.24, 2.45) is 11.8 Å². The fourth-order valence-electron chi connectivity index (χ4n) is 3.78. The van der Waals surface area contributed by atoms with Crippen LogP contribution in [0.15, 0.2) is 23.9 Å². The van der Waals surface area contributed by atoms with Crippen LogP contribution < -0.4 is 0 Å². The minimum atomic E-state index is -0.138. The van der Waals surface area contributed by atoms with Crippen molar-refractivity contribution in [3.05, 3.63) is 40.6 Å². The first-order valence-electron chi connectivity index (χ1n) is 9.72. The van der Waals surface area contributed by atoms with Gasteiger partial charge in [0.05, 0.1) is 5.57 Å². The molecule has 1 aromatic carbocycles. The molecule has 4 nitrogen and oxygen atoms in total. The quantitative estimate of drug-likeness (QED) is 0.773. The minimum absolute atomic E-state index is 0.119. The van der Waals surface area contributed by atoms with Crippen LogP contribution in [-0.4, -0.2) is 41.2 Å². The first-order chi connectivity index (χ1) is 12.3. The summed E-state index contributed by atoms with van der Waals surface area (Å²) in [5.41, 5.74) is 4.41. The summed E-state index contributed by atoms with van der Waals surface area (Å²) < 4.78 is 0. The van der Waals surface area contributed by atoms with Gasteiger partial charge in [-0.1, -0.05) is 39.0 Å². The number of hydrogen-bond donors (Lipinski definition) is 0. The van der Waals surface area contributed by atoms with Crippen molar-refractivity contribution in [3.63, 3.8) is 0 Å².